The highest BCUT2D eigenvalue weighted by Crippen LogP contribution is 2.15. The molecule has 1 aliphatic heterocycles. The molecule has 2 aromatic rings. The second-order valence-corrected chi connectivity index (χ2v) is 4.92. The average molecular weight is 258 g/mol. The molecule has 1 aliphatic rings. The topological polar surface area (TPSA) is 52.0 Å². The third-order valence-electron chi connectivity index (χ3n) is 3.23. The second-order valence-electron chi connectivity index (χ2n) is 4.92. The van der Waals surface area contributed by atoms with Gasteiger partial charge in [-0.2, -0.15) is 0 Å². The van der Waals surface area contributed by atoms with Crippen molar-refractivity contribution in [3.63, 3.8) is 0 Å². The number of nitrogens with one attached hydrogen (secondary N) is 1. The molecular formula is C14H18N4O. The van der Waals surface area contributed by atoms with Crippen LogP contribution in [0.5, 0.6) is 0 Å². The van der Waals surface area contributed by atoms with Crippen molar-refractivity contribution < 1.29 is 4.74 Å². The van der Waals surface area contributed by atoms with Gasteiger partial charge in [-0.25, -0.2) is 4.68 Å². The molecule has 0 aliphatic carbocycles. The van der Waals surface area contributed by atoms with Crippen molar-refractivity contribution in [1.29, 1.82) is 0 Å². The van der Waals surface area contributed by atoms with Gasteiger partial charge in [0, 0.05) is 18.7 Å². The molecule has 2 heterocycles. The van der Waals surface area contributed by atoms with Crippen LogP contribution in [0, 0.1) is 0 Å². The molecule has 0 radical (unpaired) electrons. The lowest BCUT2D eigenvalue weighted by atomic mass is 10.2. The fraction of sp³-hybridized carbons (Fsp3) is 0.429. The van der Waals surface area contributed by atoms with Crippen LogP contribution in [0.25, 0.3) is 11.3 Å². The average Bonchev–Trinajstić information content (AvgIpc) is 2.88. The summed E-state index contributed by atoms with van der Waals surface area (Å²) in [6.07, 6.45) is 2.39. The van der Waals surface area contributed by atoms with Gasteiger partial charge in [-0.05, 0) is 6.92 Å². The van der Waals surface area contributed by atoms with E-state index in [2.05, 4.69) is 22.6 Å². The molecule has 1 aromatic heterocycles. The van der Waals surface area contributed by atoms with Crippen LogP contribution in [0.2, 0.25) is 0 Å². The number of hydrogen-bond donors (Lipinski definition) is 1. The summed E-state index contributed by atoms with van der Waals surface area (Å²) in [6.45, 7) is 4.60. The van der Waals surface area contributed by atoms with Gasteiger partial charge in [-0.3, -0.25) is 0 Å². The van der Waals surface area contributed by atoms with E-state index >= 15 is 0 Å². The van der Waals surface area contributed by atoms with E-state index in [-0.39, 0.29) is 12.2 Å². The molecule has 0 spiro atoms. The molecule has 100 valence electrons. The van der Waals surface area contributed by atoms with Crippen molar-refractivity contribution in [3.05, 3.63) is 36.5 Å². The predicted octanol–water partition coefficient (Wildman–Crippen LogP) is 1.32. The molecule has 5 heteroatoms. The monoisotopic (exact) mass is 258 g/mol. The molecule has 2 atom stereocenters. The van der Waals surface area contributed by atoms with E-state index < -0.39 is 0 Å². The highest BCUT2D eigenvalue weighted by molar-refractivity contribution is 5.57. The van der Waals surface area contributed by atoms with Crippen molar-refractivity contribution in [1.82, 2.24) is 20.3 Å². The van der Waals surface area contributed by atoms with E-state index in [1.807, 2.05) is 41.2 Å². The first-order valence-corrected chi connectivity index (χ1v) is 6.63. The van der Waals surface area contributed by atoms with Crippen LogP contribution in [0.1, 0.15) is 6.92 Å². The van der Waals surface area contributed by atoms with Crippen molar-refractivity contribution in [2.45, 2.75) is 25.7 Å². The maximum absolute atomic E-state index is 5.85. The molecule has 1 fully saturated rings. The summed E-state index contributed by atoms with van der Waals surface area (Å²) < 4.78 is 7.71. The van der Waals surface area contributed by atoms with Crippen LogP contribution in [-0.2, 0) is 11.3 Å². The zero-order valence-electron chi connectivity index (χ0n) is 11.0. The zero-order chi connectivity index (χ0) is 13.1. The van der Waals surface area contributed by atoms with Gasteiger partial charge in [0.1, 0.15) is 5.69 Å². The quantitative estimate of drug-likeness (QED) is 0.902. The molecule has 3 rings (SSSR count). The van der Waals surface area contributed by atoms with E-state index in [0.717, 1.165) is 30.9 Å². The molecule has 19 heavy (non-hydrogen) atoms. The molecule has 0 amide bonds. The first kappa shape index (κ1) is 12.3. The Kier molecular flexibility index (Phi) is 3.57. The van der Waals surface area contributed by atoms with Crippen molar-refractivity contribution in [2.75, 3.05) is 13.1 Å². The third-order valence-corrected chi connectivity index (χ3v) is 3.23. The summed E-state index contributed by atoms with van der Waals surface area (Å²) in [7, 11) is 0. The Hall–Kier alpha value is -1.72. The smallest absolute Gasteiger partial charge is 0.113 e. The Morgan fingerprint density at radius 2 is 2.16 bits per heavy atom. The van der Waals surface area contributed by atoms with Gasteiger partial charge in [0.15, 0.2) is 0 Å². The van der Waals surface area contributed by atoms with E-state index in [1.54, 1.807) is 0 Å². The molecule has 5 nitrogen and oxygen atoms in total. The number of rotatable bonds is 3. The highest BCUT2D eigenvalue weighted by Gasteiger charge is 2.19. The lowest BCUT2D eigenvalue weighted by Crippen LogP contribution is -2.45. The Morgan fingerprint density at radius 1 is 1.32 bits per heavy atom. The van der Waals surface area contributed by atoms with Crippen LogP contribution < -0.4 is 5.32 Å². The molecule has 0 saturated carbocycles. The maximum atomic E-state index is 5.85. The van der Waals surface area contributed by atoms with E-state index in [9.17, 15) is 0 Å². The fourth-order valence-electron chi connectivity index (χ4n) is 2.32. The lowest BCUT2D eigenvalue weighted by molar-refractivity contribution is -0.0365. The summed E-state index contributed by atoms with van der Waals surface area (Å²) in [5.74, 6) is 0. The van der Waals surface area contributed by atoms with Gasteiger partial charge >= 0.3 is 0 Å². The maximum Gasteiger partial charge on any atom is 0.113 e. The van der Waals surface area contributed by atoms with Crippen molar-refractivity contribution in [2.24, 2.45) is 0 Å². The normalized spacial score (nSPS) is 23.4. The molecular weight excluding hydrogens is 240 g/mol. The molecule has 1 aromatic carbocycles. The van der Waals surface area contributed by atoms with Gasteiger partial charge in [-0.1, -0.05) is 35.5 Å². The number of morpholine rings is 1. The summed E-state index contributed by atoms with van der Waals surface area (Å²) in [6, 6.07) is 10.1. The van der Waals surface area contributed by atoms with Gasteiger partial charge in [0.2, 0.25) is 0 Å². The number of hydrogen-bond acceptors (Lipinski definition) is 4. The highest BCUT2D eigenvalue weighted by atomic mass is 16.5. The van der Waals surface area contributed by atoms with Crippen LogP contribution >= 0.6 is 0 Å². The molecule has 0 bridgehead atoms. The third kappa shape index (κ3) is 3.00. The first-order chi connectivity index (χ1) is 9.31. The predicted molar refractivity (Wildman–Crippen MR) is 72.7 cm³/mol. The Morgan fingerprint density at radius 3 is 2.95 bits per heavy atom. The number of benzene rings is 1. The summed E-state index contributed by atoms with van der Waals surface area (Å²) in [5, 5.41) is 11.7. The van der Waals surface area contributed by atoms with Crippen LogP contribution in [0.3, 0.4) is 0 Å². The van der Waals surface area contributed by atoms with Gasteiger partial charge < -0.3 is 10.1 Å². The fourth-order valence-corrected chi connectivity index (χ4v) is 2.32. The van der Waals surface area contributed by atoms with Crippen LogP contribution in [0.15, 0.2) is 36.5 Å². The summed E-state index contributed by atoms with van der Waals surface area (Å²) in [5.41, 5.74) is 1.99. The van der Waals surface area contributed by atoms with Crippen molar-refractivity contribution in [3.8, 4) is 11.3 Å². The zero-order valence-corrected chi connectivity index (χ0v) is 11.0. The first-order valence-electron chi connectivity index (χ1n) is 6.63. The Balaban J connectivity index is 1.68. The van der Waals surface area contributed by atoms with Gasteiger partial charge in [0.05, 0.1) is 24.9 Å². The molecule has 1 N–H and O–H groups in total. The number of aromatic nitrogens is 3. The van der Waals surface area contributed by atoms with Crippen LogP contribution in [-0.4, -0.2) is 40.3 Å². The minimum absolute atomic E-state index is 0.161. The standard InChI is InChI=1S/C14H18N4O/c1-11-7-15-8-13(19-11)9-18-10-14(16-17-18)12-5-3-2-4-6-12/h2-6,10-11,13,15H,7-9H2,1H3/t11-,13-/m1/s1. The summed E-state index contributed by atoms with van der Waals surface area (Å²) in [4.78, 5) is 0. The summed E-state index contributed by atoms with van der Waals surface area (Å²) >= 11 is 0. The number of nitrogens with zero attached hydrogens (tertiary/aromatic N) is 3. The molecule has 0 unspecified atom stereocenters. The Bertz CT molecular complexity index is 525. The largest absolute Gasteiger partial charge is 0.371 e. The molecule has 1 saturated heterocycles. The SMILES string of the molecule is C[C@@H]1CNC[C@H](Cn2cc(-c3ccccc3)nn2)O1. The van der Waals surface area contributed by atoms with Crippen LogP contribution in [0.4, 0.5) is 0 Å². The van der Waals surface area contributed by atoms with Gasteiger partial charge in [-0.15, -0.1) is 5.10 Å². The number of ether oxygens (including phenoxy) is 1. The van der Waals surface area contributed by atoms with Gasteiger partial charge in [0.25, 0.3) is 0 Å². The van der Waals surface area contributed by atoms with Crippen molar-refractivity contribution >= 4 is 0 Å². The Labute approximate surface area is 112 Å². The van der Waals surface area contributed by atoms with E-state index in [0.29, 0.717) is 0 Å². The lowest BCUT2D eigenvalue weighted by Gasteiger charge is -2.28. The minimum Gasteiger partial charge on any atom is -0.371 e. The van der Waals surface area contributed by atoms with E-state index in [4.69, 9.17) is 4.74 Å². The minimum atomic E-state index is 0.161. The van der Waals surface area contributed by atoms with E-state index in [1.165, 1.54) is 0 Å². The second kappa shape index (κ2) is 5.50.